The largest absolute Gasteiger partial charge is 0.400 e. The number of nitrogens with zero attached hydrogens (tertiary/aromatic N) is 5. The fourth-order valence-corrected chi connectivity index (χ4v) is 6.19. The van der Waals surface area contributed by atoms with Crippen LogP contribution in [0.25, 0.3) is 27.7 Å². The number of halogens is 1. The van der Waals surface area contributed by atoms with Gasteiger partial charge in [-0.1, -0.05) is 6.92 Å². The van der Waals surface area contributed by atoms with Crippen LogP contribution >= 0.6 is 11.8 Å². The maximum absolute atomic E-state index is 16.4. The van der Waals surface area contributed by atoms with Crippen LogP contribution in [0.2, 0.25) is 0 Å². The summed E-state index contributed by atoms with van der Waals surface area (Å²) < 4.78 is 22.2. The van der Waals surface area contributed by atoms with Gasteiger partial charge in [0.15, 0.2) is 5.82 Å². The Hall–Kier alpha value is -3.22. The van der Waals surface area contributed by atoms with Gasteiger partial charge in [-0.05, 0) is 36.0 Å². The van der Waals surface area contributed by atoms with E-state index in [0.29, 0.717) is 57.7 Å². The fraction of sp³-hybridized carbons (Fsp3) is 0.360. The smallest absolute Gasteiger partial charge is 0.225 e. The highest BCUT2D eigenvalue weighted by molar-refractivity contribution is 7.99. The van der Waals surface area contributed by atoms with Crippen molar-refractivity contribution >= 4 is 34.2 Å². The van der Waals surface area contributed by atoms with Crippen molar-refractivity contribution in [2.24, 2.45) is 11.7 Å². The molecular weight excluding hydrogens is 451 g/mol. The Morgan fingerprint density at radius 2 is 2.06 bits per heavy atom. The summed E-state index contributed by atoms with van der Waals surface area (Å²) in [5.74, 6) is 1.15. The van der Waals surface area contributed by atoms with E-state index in [9.17, 15) is 5.26 Å². The van der Waals surface area contributed by atoms with Crippen LogP contribution in [0.1, 0.15) is 35.6 Å². The van der Waals surface area contributed by atoms with E-state index in [1.807, 2.05) is 6.92 Å². The molecule has 1 fully saturated rings. The minimum absolute atomic E-state index is 0.263. The number of anilines is 1. The van der Waals surface area contributed by atoms with E-state index in [2.05, 4.69) is 32.8 Å². The Bertz CT molecular complexity index is 1450. The third kappa shape index (κ3) is 3.09. The van der Waals surface area contributed by atoms with E-state index in [-0.39, 0.29) is 12.1 Å². The Morgan fingerprint density at radius 3 is 2.82 bits per heavy atom. The molecule has 1 atom stereocenters. The summed E-state index contributed by atoms with van der Waals surface area (Å²) in [6, 6.07) is 2.24. The number of allylic oxidation sites excluding steroid dienone is 1. The number of benzene rings is 1. The van der Waals surface area contributed by atoms with Gasteiger partial charge in [0.25, 0.3) is 0 Å². The van der Waals surface area contributed by atoms with Crippen molar-refractivity contribution in [3.63, 3.8) is 0 Å². The van der Waals surface area contributed by atoms with E-state index in [0.717, 1.165) is 41.1 Å². The number of pyridine rings is 1. The molecule has 0 amide bonds. The van der Waals surface area contributed by atoms with Crippen LogP contribution in [-0.2, 0) is 18.0 Å². The van der Waals surface area contributed by atoms with Gasteiger partial charge in [0, 0.05) is 58.3 Å². The van der Waals surface area contributed by atoms with Gasteiger partial charge in [-0.25, -0.2) is 14.4 Å². The van der Waals surface area contributed by atoms with Gasteiger partial charge in [-0.2, -0.15) is 5.26 Å². The molecule has 0 aliphatic carbocycles. The average Bonchev–Trinajstić information content (AvgIpc) is 3.49. The van der Waals surface area contributed by atoms with Crippen LogP contribution in [0.3, 0.4) is 0 Å². The van der Waals surface area contributed by atoms with E-state index in [4.69, 9.17) is 10.5 Å². The molecule has 7 nitrogen and oxygen atoms in total. The summed E-state index contributed by atoms with van der Waals surface area (Å²) in [6.07, 6.45) is 4.52. The number of hydrogen-bond acceptors (Lipinski definition) is 8. The van der Waals surface area contributed by atoms with Gasteiger partial charge < -0.3 is 15.4 Å². The van der Waals surface area contributed by atoms with Crippen LogP contribution < -0.4 is 10.6 Å². The second-order valence-electron chi connectivity index (χ2n) is 9.21. The van der Waals surface area contributed by atoms with Gasteiger partial charge in [0.2, 0.25) is 5.95 Å². The lowest BCUT2D eigenvalue weighted by molar-refractivity contribution is 0.135. The zero-order chi connectivity index (χ0) is 23.6. The monoisotopic (exact) mass is 474 g/mol. The van der Waals surface area contributed by atoms with E-state index in [1.54, 1.807) is 24.2 Å². The molecule has 2 N–H and O–H groups in total. The number of fused-ring (bicyclic) bond motifs is 4. The van der Waals surface area contributed by atoms with Crippen molar-refractivity contribution in [1.29, 1.82) is 5.26 Å². The van der Waals surface area contributed by atoms with Crippen LogP contribution in [0.4, 0.5) is 10.3 Å². The third-order valence-electron chi connectivity index (χ3n) is 6.90. The first-order valence-corrected chi connectivity index (χ1v) is 12.3. The normalized spacial score (nSPS) is 19.5. The molecular formula is C25H23FN6OS. The minimum atomic E-state index is -0.458. The van der Waals surface area contributed by atoms with Gasteiger partial charge in [0.1, 0.15) is 11.6 Å². The molecule has 1 saturated heterocycles. The number of aromatic nitrogens is 3. The lowest BCUT2D eigenvalue weighted by Crippen LogP contribution is -2.21. The van der Waals surface area contributed by atoms with Gasteiger partial charge >= 0.3 is 0 Å². The number of aryl methyl sites for hydroxylation is 1. The highest BCUT2D eigenvalue weighted by Crippen LogP contribution is 2.46. The number of nitrogens with two attached hydrogens (primary N) is 1. The molecule has 3 aromatic rings. The number of ether oxygens (including phenoxy) is 1. The SMILES string of the molecule is Cc1cnc(-c2c3c(c4cnc(N5CCC(C)C5)nc4c2F)COC3)c2c1SCC(N)=C2C#N. The van der Waals surface area contributed by atoms with Gasteiger partial charge in [-0.3, -0.25) is 4.98 Å². The highest BCUT2D eigenvalue weighted by atomic mass is 32.2. The number of thioether (sulfide) groups is 1. The van der Waals surface area contributed by atoms with Gasteiger partial charge in [0.05, 0.1) is 24.5 Å². The Morgan fingerprint density at radius 1 is 1.24 bits per heavy atom. The first-order chi connectivity index (χ1) is 16.5. The highest BCUT2D eigenvalue weighted by Gasteiger charge is 2.32. The Kier molecular flexibility index (Phi) is 4.97. The predicted molar refractivity (Wildman–Crippen MR) is 129 cm³/mol. The molecule has 0 saturated carbocycles. The average molecular weight is 475 g/mol. The molecule has 34 heavy (non-hydrogen) atoms. The number of rotatable bonds is 2. The maximum atomic E-state index is 16.4. The molecule has 9 heteroatoms. The molecule has 5 heterocycles. The summed E-state index contributed by atoms with van der Waals surface area (Å²) in [5.41, 5.74) is 11.2. The molecule has 0 radical (unpaired) electrons. The second kappa shape index (κ2) is 7.93. The number of nitriles is 1. The maximum Gasteiger partial charge on any atom is 0.225 e. The zero-order valence-corrected chi connectivity index (χ0v) is 19.8. The van der Waals surface area contributed by atoms with Crippen LogP contribution in [-0.4, -0.2) is 33.8 Å². The molecule has 3 aliphatic heterocycles. The lowest BCUT2D eigenvalue weighted by Gasteiger charge is -2.23. The van der Waals surface area contributed by atoms with E-state index >= 15 is 4.39 Å². The topological polar surface area (TPSA) is 101 Å². The van der Waals surface area contributed by atoms with Crippen molar-refractivity contribution in [2.45, 2.75) is 38.4 Å². The molecule has 6 rings (SSSR count). The molecule has 172 valence electrons. The van der Waals surface area contributed by atoms with E-state index < -0.39 is 5.82 Å². The van der Waals surface area contributed by atoms with Crippen LogP contribution in [0, 0.1) is 30.0 Å². The third-order valence-corrected chi connectivity index (χ3v) is 8.17. The van der Waals surface area contributed by atoms with Gasteiger partial charge in [-0.15, -0.1) is 11.8 Å². The second-order valence-corrected chi connectivity index (χ2v) is 10.2. The summed E-state index contributed by atoms with van der Waals surface area (Å²) in [7, 11) is 0. The quantitative estimate of drug-likeness (QED) is 0.586. The minimum Gasteiger partial charge on any atom is -0.400 e. The predicted octanol–water partition coefficient (Wildman–Crippen LogP) is 4.31. The van der Waals surface area contributed by atoms with Crippen LogP contribution in [0.15, 0.2) is 23.0 Å². The fourth-order valence-electron chi connectivity index (χ4n) is 5.13. The first kappa shape index (κ1) is 21.3. The zero-order valence-electron chi connectivity index (χ0n) is 19.0. The lowest BCUT2D eigenvalue weighted by atomic mass is 9.91. The van der Waals surface area contributed by atoms with Crippen molar-refractivity contribution in [1.82, 2.24) is 15.0 Å². The van der Waals surface area contributed by atoms with Crippen molar-refractivity contribution in [2.75, 3.05) is 23.7 Å². The van der Waals surface area contributed by atoms with Crippen LogP contribution in [0.5, 0.6) is 0 Å². The number of hydrogen-bond donors (Lipinski definition) is 1. The molecule has 3 aliphatic rings. The Labute approximate surface area is 200 Å². The summed E-state index contributed by atoms with van der Waals surface area (Å²) in [5, 5.41) is 10.6. The molecule has 2 aromatic heterocycles. The Balaban J connectivity index is 1.64. The molecule has 0 spiro atoms. The summed E-state index contributed by atoms with van der Waals surface area (Å²) in [4.78, 5) is 16.9. The molecule has 1 aromatic carbocycles. The van der Waals surface area contributed by atoms with E-state index in [1.165, 1.54) is 0 Å². The summed E-state index contributed by atoms with van der Waals surface area (Å²) >= 11 is 1.55. The standard InChI is InChI=1S/C25H23FN6OS/c1-12-3-4-32(8-12)25-30-7-15-16-9-33-10-17(16)19(21(26)22(15)31-25)23-20-14(5-27)18(28)11-34-24(20)13(2)6-29-23/h6-7,12H,3-4,8-11,28H2,1-2H3. The molecule has 0 bridgehead atoms. The first-order valence-electron chi connectivity index (χ1n) is 11.3. The van der Waals surface area contributed by atoms with Crippen molar-refractivity contribution in [3.05, 3.63) is 46.2 Å². The molecule has 1 unspecified atom stereocenters. The van der Waals surface area contributed by atoms with Crippen molar-refractivity contribution < 1.29 is 9.13 Å². The van der Waals surface area contributed by atoms with Crippen molar-refractivity contribution in [3.8, 4) is 17.3 Å². The summed E-state index contributed by atoms with van der Waals surface area (Å²) in [6.45, 7) is 6.47.